The van der Waals surface area contributed by atoms with Gasteiger partial charge >= 0.3 is 0 Å². The van der Waals surface area contributed by atoms with Gasteiger partial charge in [0, 0.05) is 24.7 Å². The third-order valence-electron chi connectivity index (χ3n) is 5.87. The second-order valence-electron chi connectivity index (χ2n) is 7.51. The fraction of sp³-hybridized carbons (Fsp3) is 0.526. The van der Waals surface area contributed by atoms with Crippen molar-refractivity contribution in [1.29, 1.82) is 0 Å². The predicted molar refractivity (Wildman–Crippen MR) is 98.0 cm³/mol. The fourth-order valence-electron chi connectivity index (χ4n) is 4.51. The second kappa shape index (κ2) is 7.21. The van der Waals surface area contributed by atoms with E-state index in [0.717, 1.165) is 12.8 Å². The number of carbonyl (C=O) groups excluding carboxylic acids is 3. The van der Waals surface area contributed by atoms with Crippen molar-refractivity contribution in [2.75, 3.05) is 19.6 Å². The van der Waals surface area contributed by atoms with Crippen molar-refractivity contribution in [2.24, 2.45) is 0 Å². The molecule has 28 heavy (non-hydrogen) atoms. The highest BCUT2D eigenvalue weighted by Crippen LogP contribution is 2.29. The van der Waals surface area contributed by atoms with Gasteiger partial charge in [-0.15, -0.1) is 0 Å². The zero-order chi connectivity index (χ0) is 19.8. The van der Waals surface area contributed by atoms with Crippen molar-refractivity contribution in [3.05, 3.63) is 39.9 Å². The smallest absolute Gasteiger partial charge is 0.274 e. The van der Waals surface area contributed by atoms with Crippen LogP contribution >= 0.6 is 0 Å². The number of amides is 3. The normalized spacial score (nSPS) is 25.3. The molecule has 3 aliphatic heterocycles. The van der Waals surface area contributed by atoms with E-state index in [-0.39, 0.29) is 36.5 Å². The first-order valence-corrected chi connectivity index (χ1v) is 9.58. The molecule has 9 nitrogen and oxygen atoms in total. The SMILES string of the molecule is O=C1C2CCCN2C(=O)C2CCCN2C(=O)CN1Cc1ccccc1[N+](=O)[O-]. The molecule has 2 unspecified atom stereocenters. The summed E-state index contributed by atoms with van der Waals surface area (Å²) in [7, 11) is 0. The number of hydrogen-bond donors (Lipinski definition) is 0. The zero-order valence-corrected chi connectivity index (χ0v) is 15.5. The number of fused-ring (bicyclic) bond motifs is 2. The van der Waals surface area contributed by atoms with Gasteiger partial charge in [0.1, 0.15) is 18.6 Å². The summed E-state index contributed by atoms with van der Waals surface area (Å²) in [6.45, 7) is 0.812. The molecule has 0 aromatic heterocycles. The molecule has 3 saturated heterocycles. The summed E-state index contributed by atoms with van der Waals surface area (Å²) in [4.78, 5) is 54.5. The molecule has 3 heterocycles. The van der Waals surface area contributed by atoms with Crippen molar-refractivity contribution in [1.82, 2.24) is 14.7 Å². The average Bonchev–Trinajstić information content (AvgIpc) is 3.35. The molecule has 1 aromatic carbocycles. The highest BCUT2D eigenvalue weighted by atomic mass is 16.6. The minimum absolute atomic E-state index is 0.0290. The molecule has 0 spiro atoms. The van der Waals surface area contributed by atoms with Gasteiger partial charge in [-0.1, -0.05) is 18.2 Å². The number of nitro groups is 1. The van der Waals surface area contributed by atoms with E-state index in [2.05, 4.69) is 0 Å². The van der Waals surface area contributed by atoms with E-state index in [1.54, 1.807) is 28.0 Å². The van der Waals surface area contributed by atoms with Crippen molar-refractivity contribution in [3.8, 4) is 0 Å². The molecule has 148 valence electrons. The molecule has 0 aliphatic carbocycles. The number of para-hydroxylation sites is 1. The van der Waals surface area contributed by atoms with E-state index in [1.807, 2.05) is 0 Å². The van der Waals surface area contributed by atoms with Crippen LogP contribution in [0.3, 0.4) is 0 Å². The van der Waals surface area contributed by atoms with Crippen LogP contribution in [0.15, 0.2) is 24.3 Å². The lowest BCUT2D eigenvalue weighted by molar-refractivity contribution is -0.385. The maximum absolute atomic E-state index is 13.2. The predicted octanol–water partition coefficient (Wildman–Crippen LogP) is 0.919. The van der Waals surface area contributed by atoms with Crippen LogP contribution < -0.4 is 0 Å². The Labute approximate surface area is 162 Å². The van der Waals surface area contributed by atoms with Gasteiger partial charge in [0.05, 0.1) is 11.5 Å². The van der Waals surface area contributed by atoms with E-state index in [4.69, 9.17) is 0 Å². The Morgan fingerprint density at radius 1 is 0.964 bits per heavy atom. The summed E-state index contributed by atoms with van der Waals surface area (Å²) in [5, 5.41) is 11.3. The third kappa shape index (κ3) is 3.10. The standard InChI is InChI=1S/C19H22N4O5/c24-17-12-20(11-13-5-1-2-6-14(13)23(27)28)18(25)15-7-4-10-22(15)19(26)16-8-3-9-21(16)17/h1-2,5-6,15-16H,3-4,7-12H2. The second-order valence-corrected chi connectivity index (χ2v) is 7.51. The number of nitro benzene ring substituents is 1. The van der Waals surface area contributed by atoms with E-state index in [0.29, 0.717) is 31.5 Å². The van der Waals surface area contributed by atoms with Crippen LogP contribution in [0.1, 0.15) is 31.2 Å². The summed E-state index contributed by atoms with van der Waals surface area (Å²) in [6.07, 6.45) is 2.67. The summed E-state index contributed by atoms with van der Waals surface area (Å²) in [5.74, 6) is -0.725. The van der Waals surface area contributed by atoms with Crippen LogP contribution in [0.25, 0.3) is 0 Å². The number of benzene rings is 1. The third-order valence-corrected chi connectivity index (χ3v) is 5.87. The van der Waals surface area contributed by atoms with E-state index in [1.165, 1.54) is 11.0 Å². The van der Waals surface area contributed by atoms with Gasteiger partial charge in [-0.2, -0.15) is 0 Å². The van der Waals surface area contributed by atoms with Gasteiger partial charge in [-0.25, -0.2) is 0 Å². The van der Waals surface area contributed by atoms with Crippen molar-refractivity contribution >= 4 is 23.4 Å². The summed E-state index contributed by atoms with van der Waals surface area (Å²) >= 11 is 0. The molecular weight excluding hydrogens is 364 g/mol. The largest absolute Gasteiger partial charge is 0.329 e. The lowest BCUT2D eigenvalue weighted by atomic mass is 10.1. The van der Waals surface area contributed by atoms with Crippen LogP contribution in [0.5, 0.6) is 0 Å². The van der Waals surface area contributed by atoms with E-state index < -0.39 is 17.0 Å². The zero-order valence-electron chi connectivity index (χ0n) is 15.5. The number of rotatable bonds is 3. The summed E-state index contributed by atoms with van der Waals surface area (Å²) in [6, 6.07) is 5.14. The maximum atomic E-state index is 13.2. The van der Waals surface area contributed by atoms with Crippen LogP contribution in [0.4, 0.5) is 5.69 Å². The molecule has 0 N–H and O–H groups in total. The van der Waals surface area contributed by atoms with Crippen LogP contribution in [-0.4, -0.2) is 69.1 Å². The monoisotopic (exact) mass is 386 g/mol. The molecule has 0 radical (unpaired) electrons. The Kier molecular flexibility index (Phi) is 4.74. The molecule has 2 atom stereocenters. The van der Waals surface area contributed by atoms with Gasteiger partial charge < -0.3 is 14.7 Å². The van der Waals surface area contributed by atoms with E-state index in [9.17, 15) is 24.5 Å². The molecule has 3 amide bonds. The first-order valence-electron chi connectivity index (χ1n) is 9.58. The number of hydrogen-bond acceptors (Lipinski definition) is 5. The van der Waals surface area contributed by atoms with Gasteiger partial charge in [0.15, 0.2) is 0 Å². The minimum Gasteiger partial charge on any atom is -0.329 e. The molecule has 3 aliphatic rings. The van der Waals surface area contributed by atoms with Crippen LogP contribution in [0, 0.1) is 10.1 Å². The van der Waals surface area contributed by atoms with Crippen molar-refractivity contribution < 1.29 is 19.3 Å². The highest BCUT2D eigenvalue weighted by Gasteiger charge is 2.45. The minimum atomic E-state index is -0.594. The molecule has 1 aromatic rings. The highest BCUT2D eigenvalue weighted by molar-refractivity contribution is 5.96. The van der Waals surface area contributed by atoms with Gasteiger partial charge in [-0.05, 0) is 25.7 Å². The Morgan fingerprint density at radius 2 is 1.61 bits per heavy atom. The summed E-state index contributed by atoms with van der Waals surface area (Å²) in [5.41, 5.74) is 0.294. The molecule has 3 fully saturated rings. The Morgan fingerprint density at radius 3 is 2.32 bits per heavy atom. The average molecular weight is 386 g/mol. The molecule has 9 heteroatoms. The van der Waals surface area contributed by atoms with Crippen molar-refractivity contribution in [3.63, 3.8) is 0 Å². The lowest BCUT2D eigenvalue weighted by Crippen LogP contribution is -2.50. The number of carbonyl (C=O) groups is 3. The Hall–Kier alpha value is -2.97. The van der Waals surface area contributed by atoms with Gasteiger partial charge in [-0.3, -0.25) is 24.5 Å². The quantitative estimate of drug-likeness (QED) is 0.568. The molecular formula is C19H22N4O5. The number of nitrogens with zero attached hydrogens (tertiary/aromatic N) is 4. The maximum Gasteiger partial charge on any atom is 0.274 e. The van der Waals surface area contributed by atoms with Gasteiger partial charge in [0.25, 0.3) is 5.69 Å². The van der Waals surface area contributed by atoms with Crippen LogP contribution in [0.2, 0.25) is 0 Å². The Bertz CT molecular complexity index is 841. The molecule has 0 saturated carbocycles. The van der Waals surface area contributed by atoms with Crippen LogP contribution in [-0.2, 0) is 20.9 Å². The fourth-order valence-corrected chi connectivity index (χ4v) is 4.51. The molecule has 4 rings (SSSR count). The molecule has 0 bridgehead atoms. The van der Waals surface area contributed by atoms with Crippen molar-refractivity contribution in [2.45, 2.75) is 44.3 Å². The summed E-state index contributed by atoms with van der Waals surface area (Å²) < 4.78 is 0. The topological polar surface area (TPSA) is 104 Å². The van der Waals surface area contributed by atoms with Gasteiger partial charge in [0.2, 0.25) is 17.7 Å². The first kappa shape index (κ1) is 18.4. The lowest BCUT2D eigenvalue weighted by Gasteiger charge is -2.29. The first-order chi connectivity index (χ1) is 13.5. The Balaban J connectivity index is 1.69. The van der Waals surface area contributed by atoms with E-state index >= 15 is 0 Å².